The molecule has 0 radical (unpaired) electrons. The molecule has 0 bridgehead atoms. The van der Waals surface area contributed by atoms with Crippen LogP contribution in [0.4, 0.5) is 0 Å². The maximum absolute atomic E-state index is 13.0. The zero-order valence-electron chi connectivity index (χ0n) is 16.2. The Morgan fingerprint density at radius 2 is 2.04 bits per heavy atom. The van der Waals surface area contributed by atoms with E-state index in [-0.39, 0.29) is 22.9 Å². The van der Waals surface area contributed by atoms with Crippen LogP contribution < -0.4 is 10.9 Å². The fraction of sp³-hybridized carbons (Fsp3) is 0.333. The van der Waals surface area contributed by atoms with Gasteiger partial charge in [-0.1, -0.05) is 38.1 Å². The zero-order chi connectivity index (χ0) is 19.9. The molecule has 0 spiro atoms. The summed E-state index contributed by atoms with van der Waals surface area (Å²) in [5, 5.41) is 13.8. The highest BCUT2D eigenvalue weighted by atomic mass is 16.1. The summed E-state index contributed by atoms with van der Waals surface area (Å²) in [4.78, 5) is 24.2. The number of hydrogen-bond donors (Lipinski definition) is 2. The molecule has 3 aromatic rings. The van der Waals surface area contributed by atoms with Crippen LogP contribution in [0.2, 0.25) is 0 Å². The summed E-state index contributed by atoms with van der Waals surface area (Å²) in [6, 6.07) is 11.2. The molecule has 2 heterocycles. The van der Waals surface area contributed by atoms with E-state index >= 15 is 0 Å². The summed E-state index contributed by atoms with van der Waals surface area (Å²) >= 11 is 0. The van der Waals surface area contributed by atoms with E-state index in [9.17, 15) is 9.59 Å². The van der Waals surface area contributed by atoms with E-state index in [0.717, 1.165) is 12.8 Å². The van der Waals surface area contributed by atoms with Gasteiger partial charge in [0.2, 0.25) is 0 Å². The zero-order valence-corrected chi connectivity index (χ0v) is 16.2. The number of H-pyrrole nitrogens is 1. The molecule has 1 aromatic carbocycles. The van der Waals surface area contributed by atoms with E-state index in [1.165, 1.54) is 23.4 Å². The largest absolute Gasteiger partial charge is 0.345 e. The van der Waals surface area contributed by atoms with Crippen molar-refractivity contribution < 1.29 is 4.79 Å². The van der Waals surface area contributed by atoms with Crippen molar-refractivity contribution >= 4 is 5.91 Å². The van der Waals surface area contributed by atoms with Gasteiger partial charge in [-0.05, 0) is 42.4 Å². The standard InChI is InChI=1S/C21H23N5O2/c1-13-15(12-22-26(13)18-8-9-19(27)25-24-18)20(28)23-17-10-11-21(2,3)16-7-5-4-6-14(16)17/h4-9,12,17H,10-11H2,1-3H3,(H,23,28)(H,25,27)/t17-/m1/s1. The van der Waals surface area contributed by atoms with Crippen molar-refractivity contribution in [2.45, 2.75) is 45.1 Å². The lowest BCUT2D eigenvalue weighted by atomic mass is 9.71. The van der Waals surface area contributed by atoms with E-state index in [2.05, 4.69) is 52.7 Å². The van der Waals surface area contributed by atoms with Crippen LogP contribution in [0.3, 0.4) is 0 Å². The number of amides is 1. The number of carbonyl (C=O) groups is 1. The second-order valence-electron chi connectivity index (χ2n) is 7.87. The Morgan fingerprint density at radius 3 is 2.79 bits per heavy atom. The van der Waals surface area contributed by atoms with Crippen LogP contribution in [0.1, 0.15) is 59.9 Å². The Kier molecular flexibility index (Phi) is 4.37. The van der Waals surface area contributed by atoms with E-state index in [1.807, 2.05) is 13.0 Å². The normalized spacial score (nSPS) is 17.8. The summed E-state index contributed by atoms with van der Waals surface area (Å²) in [5.41, 5.74) is 3.45. The van der Waals surface area contributed by atoms with Crippen molar-refractivity contribution in [3.8, 4) is 5.82 Å². The molecule has 1 amide bonds. The van der Waals surface area contributed by atoms with Gasteiger partial charge in [-0.3, -0.25) is 9.59 Å². The lowest BCUT2D eigenvalue weighted by molar-refractivity contribution is 0.0929. The SMILES string of the molecule is Cc1c(C(=O)N[C@@H]2CCC(C)(C)c3ccccc32)cnn1-c1ccc(=O)[nH]n1. The Hall–Kier alpha value is -3.22. The van der Waals surface area contributed by atoms with Crippen LogP contribution in [0.5, 0.6) is 0 Å². The molecule has 1 aliphatic carbocycles. The molecule has 144 valence electrons. The highest BCUT2D eigenvalue weighted by molar-refractivity contribution is 5.95. The second-order valence-corrected chi connectivity index (χ2v) is 7.87. The van der Waals surface area contributed by atoms with Gasteiger partial charge in [0, 0.05) is 6.07 Å². The Bertz CT molecular complexity index is 1080. The molecule has 2 aromatic heterocycles. The first-order valence-corrected chi connectivity index (χ1v) is 9.38. The number of nitrogens with one attached hydrogen (secondary N) is 2. The van der Waals surface area contributed by atoms with E-state index in [0.29, 0.717) is 17.1 Å². The van der Waals surface area contributed by atoms with Crippen LogP contribution in [-0.4, -0.2) is 25.9 Å². The Balaban J connectivity index is 1.60. The average Bonchev–Trinajstić information content (AvgIpc) is 3.06. The maximum atomic E-state index is 13.0. The summed E-state index contributed by atoms with van der Waals surface area (Å²) in [6.45, 7) is 6.30. The van der Waals surface area contributed by atoms with Gasteiger partial charge in [-0.2, -0.15) is 10.2 Å². The van der Waals surface area contributed by atoms with Crippen LogP contribution in [0.25, 0.3) is 5.82 Å². The highest BCUT2D eigenvalue weighted by Crippen LogP contribution is 2.41. The maximum Gasteiger partial charge on any atom is 0.264 e. The van der Waals surface area contributed by atoms with Crippen molar-refractivity contribution in [1.29, 1.82) is 0 Å². The Morgan fingerprint density at radius 1 is 1.25 bits per heavy atom. The fourth-order valence-corrected chi connectivity index (χ4v) is 3.92. The van der Waals surface area contributed by atoms with Gasteiger partial charge in [0.15, 0.2) is 5.82 Å². The van der Waals surface area contributed by atoms with Crippen molar-refractivity contribution in [2.24, 2.45) is 0 Å². The first-order chi connectivity index (χ1) is 13.4. The number of hydrogen-bond acceptors (Lipinski definition) is 4. The first kappa shape index (κ1) is 18.2. The first-order valence-electron chi connectivity index (χ1n) is 9.38. The van der Waals surface area contributed by atoms with Crippen molar-refractivity contribution in [3.05, 3.63) is 75.3 Å². The molecule has 0 saturated carbocycles. The molecule has 0 saturated heterocycles. The summed E-state index contributed by atoms with van der Waals surface area (Å²) in [5.74, 6) is 0.300. The lowest BCUT2D eigenvalue weighted by Crippen LogP contribution is -2.35. The van der Waals surface area contributed by atoms with Gasteiger partial charge in [-0.25, -0.2) is 9.78 Å². The van der Waals surface area contributed by atoms with Crippen LogP contribution in [-0.2, 0) is 5.41 Å². The van der Waals surface area contributed by atoms with Gasteiger partial charge in [0.25, 0.3) is 11.5 Å². The minimum atomic E-state index is -0.287. The number of rotatable bonds is 3. The summed E-state index contributed by atoms with van der Waals surface area (Å²) in [7, 11) is 0. The van der Waals surface area contributed by atoms with Gasteiger partial charge in [-0.15, -0.1) is 0 Å². The summed E-state index contributed by atoms with van der Waals surface area (Å²) < 4.78 is 1.54. The third kappa shape index (κ3) is 3.13. The van der Waals surface area contributed by atoms with E-state index < -0.39 is 0 Å². The van der Waals surface area contributed by atoms with E-state index in [1.54, 1.807) is 10.7 Å². The van der Waals surface area contributed by atoms with Crippen LogP contribution in [0, 0.1) is 6.92 Å². The third-order valence-electron chi connectivity index (χ3n) is 5.56. The van der Waals surface area contributed by atoms with Gasteiger partial charge < -0.3 is 5.32 Å². The number of carbonyl (C=O) groups excluding carboxylic acids is 1. The number of benzene rings is 1. The molecular weight excluding hydrogens is 354 g/mol. The lowest BCUT2D eigenvalue weighted by Gasteiger charge is -2.37. The number of fused-ring (bicyclic) bond motifs is 1. The van der Waals surface area contributed by atoms with Gasteiger partial charge in [0.05, 0.1) is 23.5 Å². The molecule has 0 unspecified atom stereocenters. The molecule has 1 aliphatic rings. The number of aromatic amines is 1. The van der Waals surface area contributed by atoms with E-state index in [4.69, 9.17) is 0 Å². The average molecular weight is 377 g/mol. The highest BCUT2D eigenvalue weighted by Gasteiger charge is 2.33. The predicted octanol–water partition coefficient (Wildman–Crippen LogP) is 2.81. The molecule has 4 rings (SSSR count). The smallest absolute Gasteiger partial charge is 0.264 e. The van der Waals surface area contributed by atoms with Crippen LogP contribution >= 0.6 is 0 Å². The Labute approximate surface area is 162 Å². The third-order valence-corrected chi connectivity index (χ3v) is 5.56. The van der Waals surface area contributed by atoms with Crippen LogP contribution in [0.15, 0.2) is 47.4 Å². The molecule has 2 N–H and O–H groups in total. The monoisotopic (exact) mass is 377 g/mol. The molecule has 1 atom stereocenters. The van der Waals surface area contributed by atoms with Gasteiger partial charge in [0.1, 0.15) is 0 Å². The molecule has 7 nitrogen and oxygen atoms in total. The van der Waals surface area contributed by atoms with Crippen molar-refractivity contribution in [1.82, 2.24) is 25.3 Å². The molecule has 0 fully saturated rings. The number of nitrogens with zero attached hydrogens (tertiary/aromatic N) is 3. The topological polar surface area (TPSA) is 92.7 Å². The minimum Gasteiger partial charge on any atom is -0.345 e. The second kappa shape index (κ2) is 6.74. The molecule has 0 aliphatic heterocycles. The predicted molar refractivity (Wildman–Crippen MR) is 106 cm³/mol. The fourth-order valence-electron chi connectivity index (χ4n) is 3.92. The van der Waals surface area contributed by atoms with Crippen molar-refractivity contribution in [3.63, 3.8) is 0 Å². The molecule has 28 heavy (non-hydrogen) atoms. The quantitative estimate of drug-likeness (QED) is 0.734. The molecular formula is C21H23N5O2. The minimum absolute atomic E-state index is 0.0225. The summed E-state index contributed by atoms with van der Waals surface area (Å²) in [6.07, 6.45) is 3.44. The van der Waals surface area contributed by atoms with Gasteiger partial charge >= 0.3 is 0 Å². The molecule has 7 heteroatoms. The van der Waals surface area contributed by atoms with Crippen molar-refractivity contribution in [2.75, 3.05) is 0 Å². The number of aromatic nitrogens is 4.